The SMILES string of the molecule is CCNC(=NCC(C)N1CCOCC1C)NC1CCN(c2ncccc2Cl)C1. The van der Waals surface area contributed by atoms with Gasteiger partial charge in [-0.25, -0.2) is 4.98 Å². The minimum absolute atomic E-state index is 0.327. The zero-order valence-electron chi connectivity index (χ0n) is 17.2. The Kier molecular flexibility index (Phi) is 7.76. The van der Waals surface area contributed by atoms with Crippen LogP contribution in [0.2, 0.25) is 5.02 Å². The zero-order chi connectivity index (χ0) is 19.9. The van der Waals surface area contributed by atoms with Gasteiger partial charge in [-0.2, -0.15) is 0 Å². The number of halogens is 1. The van der Waals surface area contributed by atoms with Crippen molar-refractivity contribution >= 4 is 23.4 Å². The van der Waals surface area contributed by atoms with Crippen LogP contribution in [0.4, 0.5) is 5.82 Å². The number of aliphatic imine (C=N–C) groups is 1. The minimum Gasteiger partial charge on any atom is -0.379 e. The monoisotopic (exact) mass is 408 g/mol. The maximum absolute atomic E-state index is 6.30. The molecule has 0 radical (unpaired) electrons. The largest absolute Gasteiger partial charge is 0.379 e. The molecule has 0 bridgehead atoms. The summed E-state index contributed by atoms with van der Waals surface area (Å²) in [6, 6.07) is 4.92. The lowest BCUT2D eigenvalue weighted by molar-refractivity contribution is -0.0165. The summed E-state index contributed by atoms with van der Waals surface area (Å²) < 4.78 is 5.55. The van der Waals surface area contributed by atoms with Gasteiger partial charge in [0.2, 0.25) is 0 Å². The molecule has 1 aromatic heterocycles. The number of rotatable bonds is 6. The summed E-state index contributed by atoms with van der Waals surface area (Å²) in [6.07, 6.45) is 2.83. The van der Waals surface area contributed by atoms with E-state index in [-0.39, 0.29) is 0 Å². The normalized spacial score (nSPS) is 25.0. The molecule has 3 heterocycles. The van der Waals surface area contributed by atoms with Crippen molar-refractivity contribution < 1.29 is 4.74 Å². The number of morpholine rings is 1. The van der Waals surface area contributed by atoms with Crippen LogP contribution in [0, 0.1) is 0 Å². The molecule has 0 amide bonds. The molecule has 7 nitrogen and oxygen atoms in total. The number of pyridine rings is 1. The Hall–Kier alpha value is -1.57. The summed E-state index contributed by atoms with van der Waals surface area (Å²) in [5.41, 5.74) is 0. The third-order valence-electron chi connectivity index (χ3n) is 5.41. The molecule has 0 saturated carbocycles. The van der Waals surface area contributed by atoms with Gasteiger partial charge < -0.3 is 20.3 Å². The number of ether oxygens (including phenoxy) is 1. The zero-order valence-corrected chi connectivity index (χ0v) is 18.0. The Labute approximate surface area is 173 Å². The molecule has 2 aliphatic heterocycles. The van der Waals surface area contributed by atoms with Crippen molar-refractivity contribution in [2.24, 2.45) is 4.99 Å². The number of anilines is 1. The van der Waals surface area contributed by atoms with Gasteiger partial charge in [0.05, 0.1) is 24.8 Å². The Morgan fingerprint density at radius 3 is 3.07 bits per heavy atom. The fourth-order valence-electron chi connectivity index (χ4n) is 3.92. The molecule has 3 unspecified atom stereocenters. The van der Waals surface area contributed by atoms with E-state index >= 15 is 0 Å². The molecular weight excluding hydrogens is 376 g/mol. The fourth-order valence-corrected chi connectivity index (χ4v) is 4.16. The van der Waals surface area contributed by atoms with Crippen molar-refractivity contribution in [1.29, 1.82) is 0 Å². The first kappa shape index (κ1) is 21.1. The highest BCUT2D eigenvalue weighted by Crippen LogP contribution is 2.25. The average Bonchev–Trinajstić information content (AvgIpc) is 3.15. The van der Waals surface area contributed by atoms with Gasteiger partial charge in [-0.3, -0.25) is 9.89 Å². The predicted molar refractivity (Wildman–Crippen MR) is 115 cm³/mol. The molecule has 0 spiro atoms. The molecule has 2 fully saturated rings. The molecule has 8 heteroatoms. The molecule has 2 aliphatic rings. The minimum atomic E-state index is 0.327. The lowest BCUT2D eigenvalue weighted by Gasteiger charge is -2.37. The summed E-state index contributed by atoms with van der Waals surface area (Å²) in [4.78, 5) is 14.0. The standard InChI is InChI=1S/C20H33ClN6O/c1-4-22-20(24-12-15(2)27-10-11-28-14-16(27)3)25-17-7-9-26(13-17)19-18(21)6-5-8-23-19/h5-6,8,15-17H,4,7,9-14H2,1-3H3,(H2,22,24,25). The van der Waals surface area contributed by atoms with Gasteiger partial charge in [0.1, 0.15) is 5.82 Å². The van der Waals surface area contributed by atoms with E-state index in [0.717, 1.165) is 64.1 Å². The van der Waals surface area contributed by atoms with Crippen LogP contribution in [-0.2, 0) is 4.74 Å². The first-order chi connectivity index (χ1) is 13.6. The van der Waals surface area contributed by atoms with Crippen molar-refractivity contribution in [2.45, 2.75) is 45.3 Å². The number of aromatic nitrogens is 1. The molecule has 0 aliphatic carbocycles. The van der Waals surface area contributed by atoms with Crippen LogP contribution < -0.4 is 15.5 Å². The maximum Gasteiger partial charge on any atom is 0.191 e. The van der Waals surface area contributed by atoms with Crippen molar-refractivity contribution in [3.63, 3.8) is 0 Å². The topological polar surface area (TPSA) is 65.0 Å². The van der Waals surface area contributed by atoms with E-state index in [1.165, 1.54) is 0 Å². The maximum atomic E-state index is 6.30. The molecule has 0 aromatic carbocycles. The van der Waals surface area contributed by atoms with Crippen LogP contribution in [0.5, 0.6) is 0 Å². The fraction of sp³-hybridized carbons (Fsp3) is 0.700. The van der Waals surface area contributed by atoms with Gasteiger partial charge in [-0.05, 0) is 39.3 Å². The van der Waals surface area contributed by atoms with Crippen LogP contribution >= 0.6 is 11.6 Å². The number of hydrogen-bond donors (Lipinski definition) is 2. The molecule has 28 heavy (non-hydrogen) atoms. The van der Waals surface area contributed by atoms with Crippen LogP contribution in [-0.4, -0.2) is 79.9 Å². The van der Waals surface area contributed by atoms with E-state index in [0.29, 0.717) is 23.1 Å². The van der Waals surface area contributed by atoms with E-state index in [1.807, 2.05) is 12.1 Å². The van der Waals surface area contributed by atoms with Crippen LogP contribution in [0.1, 0.15) is 27.2 Å². The van der Waals surface area contributed by atoms with E-state index in [4.69, 9.17) is 21.3 Å². The summed E-state index contributed by atoms with van der Waals surface area (Å²) in [5.74, 6) is 1.75. The molecule has 2 saturated heterocycles. The van der Waals surface area contributed by atoms with Crippen LogP contribution in [0.25, 0.3) is 0 Å². The first-order valence-corrected chi connectivity index (χ1v) is 10.7. The number of nitrogens with zero attached hydrogens (tertiary/aromatic N) is 4. The molecule has 156 valence electrons. The van der Waals surface area contributed by atoms with Gasteiger partial charge in [0.15, 0.2) is 5.96 Å². The van der Waals surface area contributed by atoms with Gasteiger partial charge in [0, 0.05) is 50.5 Å². The average molecular weight is 409 g/mol. The smallest absolute Gasteiger partial charge is 0.191 e. The lowest BCUT2D eigenvalue weighted by Crippen LogP contribution is -2.50. The van der Waals surface area contributed by atoms with Crippen molar-refractivity contribution in [3.05, 3.63) is 23.4 Å². The Morgan fingerprint density at radius 2 is 2.32 bits per heavy atom. The summed E-state index contributed by atoms with van der Waals surface area (Å²) in [7, 11) is 0. The predicted octanol–water partition coefficient (Wildman–Crippen LogP) is 1.98. The van der Waals surface area contributed by atoms with Crippen LogP contribution in [0.15, 0.2) is 23.3 Å². The van der Waals surface area contributed by atoms with Gasteiger partial charge in [-0.15, -0.1) is 0 Å². The number of guanidine groups is 1. The molecule has 3 atom stereocenters. The number of nitrogens with one attached hydrogen (secondary N) is 2. The van der Waals surface area contributed by atoms with Crippen molar-refractivity contribution in [1.82, 2.24) is 20.5 Å². The van der Waals surface area contributed by atoms with Crippen LogP contribution in [0.3, 0.4) is 0 Å². The molecular formula is C20H33ClN6O. The lowest BCUT2D eigenvalue weighted by atomic mass is 10.2. The Balaban J connectivity index is 1.55. The number of hydrogen-bond acceptors (Lipinski definition) is 5. The highest BCUT2D eigenvalue weighted by atomic mass is 35.5. The highest BCUT2D eigenvalue weighted by Gasteiger charge is 2.26. The van der Waals surface area contributed by atoms with Gasteiger partial charge >= 0.3 is 0 Å². The van der Waals surface area contributed by atoms with E-state index < -0.39 is 0 Å². The second-order valence-corrected chi connectivity index (χ2v) is 8.02. The van der Waals surface area contributed by atoms with Gasteiger partial charge in [-0.1, -0.05) is 11.6 Å². The van der Waals surface area contributed by atoms with Crippen molar-refractivity contribution in [2.75, 3.05) is 50.8 Å². The quantitative estimate of drug-likeness (QED) is 0.554. The third kappa shape index (κ3) is 5.49. The summed E-state index contributed by atoms with van der Waals surface area (Å²) in [5, 5.41) is 7.67. The summed E-state index contributed by atoms with van der Waals surface area (Å²) >= 11 is 6.30. The summed E-state index contributed by atoms with van der Waals surface area (Å²) in [6.45, 7) is 12.6. The molecule has 2 N–H and O–H groups in total. The second-order valence-electron chi connectivity index (χ2n) is 7.62. The van der Waals surface area contributed by atoms with Gasteiger partial charge in [0.25, 0.3) is 0 Å². The Bertz CT molecular complexity index is 657. The second kappa shape index (κ2) is 10.3. The molecule has 3 rings (SSSR count). The Morgan fingerprint density at radius 1 is 1.46 bits per heavy atom. The first-order valence-electron chi connectivity index (χ1n) is 10.3. The van der Waals surface area contributed by atoms with E-state index in [9.17, 15) is 0 Å². The highest BCUT2D eigenvalue weighted by molar-refractivity contribution is 6.32. The van der Waals surface area contributed by atoms with E-state index in [2.05, 4.69) is 46.2 Å². The molecule has 1 aromatic rings. The van der Waals surface area contributed by atoms with E-state index in [1.54, 1.807) is 6.20 Å². The van der Waals surface area contributed by atoms with Crippen molar-refractivity contribution in [3.8, 4) is 0 Å². The third-order valence-corrected chi connectivity index (χ3v) is 5.71.